The highest BCUT2D eigenvalue weighted by molar-refractivity contribution is 5.90. The fraction of sp³-hybridized carbons (Fsp3) is 0.543. The molecule has 4 heterocycles. The van der Waals surface area contributed by atoms with E-state index < -0.39 is 122 Å². The van der Waals surface area contributed by atoms with Crippen LogP contribution in [0.15, 0.2) is 73.0 Å². The number of carbonyl (C=O) groups excluding carboxylic acids is 2. The van der Waals surface area contributed by atoms with Crippen molar-refractivity contribution in [3.05, 3.63) is 84.1 Å². The van der Waals surface area contributed by atoms with E-state index in [-0.39, 0.29) is 11.1 Å². The second-order valence-electron chi connectivity index (χ2n) is 13.2. The van der Waals surface area contributed by atoms with Crippen molar-refractivity contribution in [3.63, 3.8) is 0 Å². The van der Waals surface area contributed by atoms with Crippen molar-refractivity contribution in [1.82, 2.24) is 0 Å². The van der Waals surface area contributed by atoms with Crippen molar-refractivity contribution < 1.29 is 78.1 Å². The Hall–Kier alpha value is -3.52. The van der Waals surface area contributed by atoms with Crippen molar-refractivity contribution in [3.8, 4) is 0 Å². The van der Waals surface area contributed by atoms with Crippen LogP contribution in [-0.2, 0) is 37.9 Å². The average molecular weight is 717 g/mol. The number of aliphatic hydroxyl groups excluding tert-OH is 6. The van der Waals surface area contributed by atoms with Crippen LogP contribution < -0.4 is 0 Å². The smallest absolute Gasteiger partial charge is 0.338 e. The van der Waals surface area contributed by atoms with E-state index in [4.69, 9.17) is 37.9 Å². The molecule has 6 N–H and O–H groups in total. The lowest BCUT2D eigenvalue weighted by Crippen LogP contribution is -2.61. The molecule has 4 fully saturated rings. The molecule has 0 bridgehead atoms. The summed E-state index contributed by atoms with van der Waals surface area (Å²) in [6.45, 7) is 0.367. The molecule has 7 rings (SSSR count). The van der Waals surface area contributed by atoms with Crippen LogP contribution in [0.25, 0.3) is 0 Å². The van der Waals surface area contributed by atoms with E-state index in [0.29, 0.717) is 0 Å². The summed E-state index contributed by atoms with van der Waals surface area (Å²) >= 11 is 0. The van der Waals surface area contributed by atoms with Crippen LogP contribution in [0.3, 0.4) is 0 Å². The lowest BCUT2D eigenvalue weighted by Gasteiger charge is -2.45. The summed E-state index contributed by atoms with van der Waals surface area (Å²) in [4.78, 5) is 26.6. The minimum atomic E-state index is -1.72. The number of fused-ring (bicyclic) bond motifs is 3. The number of benzene rings is 2. The van der Waals surface area contributed by atoms with Gasteiger partial charge in [0.25, 0.3) is 0 Å². The lowest BCUT2D eigenvalue weighted by atomic mass is 9.85. The third kappa shape index (κ3) is 6.55. The summed E-state index contributed by atoms with van der Waals surface area (Å²) in [6.07, 6.45) is -14.5. The van der Waals surface area contributed by atoms with E-state index in [1.165, 1.54) is 30.5 Å². The van der Waals surface area contributed by atoms with Crippen LogP contribution in [0.1, 0.15) is 27.6 Å². The zero-order valence-corrected chi connectivity index (χ0v) is 27.3. The van der Waals surface area contributed by atoms with E-state index in [0.717, 1.165) is 0 Å². The van der Waals surface area contributed by atoms with E-state index >= 15 is 0 Å². The minimum absolute atomic E-state index is 0.184. The third-order valence-electron chi connectivity index (χ3n) is 10.2. The number of epoxide rings is 1. The summed E-state index contributed by atoms with van der Waals surface area (Å²) in [5.41, 5.74) is -0.887. The van der Waals surface area contributed by atoms with E-state index in [1.807, 2.05) is 0 Å². The maximum Gasteiger partial charge on any atom is 0.338 e. The number of aliphatic hydroxyl groups is 6. The van der Waals surface area contributed by atoms with Gasteiger partial charge in [-0.05, 0) is 37.3 Å². The molecule has 5 aliphatic rings. The summed E-state index contributed by atoms with van der Waals surface area (Å²) in [5, 5.41) is 62.6. The van der Waals surface area contributed by atoms with Crippen LogP contribution in [0, 0.1) is 11.8 Å². The Morgan fingerprint density at radius 1 is 0.725 bits per heavy atom. The molecule has 16 nitrogen and oxygen atoms in total. The molecule has 1 saturated carbocycles. The van der Waals surface area contributed by atoms with Gasteiger partial charge >= 0.3 is 11.9 Å². The Balaban J connectivity index is 1.15. The second-order valence-corrected chi connectivity index (χ2v) is 13.2. The zero-order chi connectivity index (χ0) is 36.0. The van der Waals surface area contributed by atoms with Gasteiger partial charge in [-0.2, -0.15) is 0 Å². The molecule has 2 aromatic carbocycles. The number of carbonyl (C=O) groups is 2. The standard InChI is InChI=1S/C35H40O16/c1-16-22(38)27(47-30(42)17-8-4-2-5-9-17)28(48-31(43)18-10-6-3-7-11-18)34(45-16)49-26-19-12-13-44-32(21(19)35(15-37)29(26)51-35)50-33-25(41)24(40)23(39)20(14-36)46-33/h2-13,16,19-29,32-34,36-41H,14-15H2,1H3/t16-,19+,20+,21+,22-,23-,24+,25+,26+,27+,28+,29-,32+,33-,34-,35-/m0/s1. The molecule has 0 amide bonds. The van der Waals surface area contributed by atoms with Gasteiger partial charge in [0.1, 0.15) is 42.2 Å². The van der Waals surface area contributed by atoms with Crippen molar-refractivity contribution >= 4 is 11.9 Å². The minimum Gasteiger partial charge on any atom is -0.472 e. The number of rotatable bonds is 10. The number of hydrogen-bond acceptors (Lipinski definition) is 16. The summed E-state index contributed by atoms with van der Waals surface area (Å²) in [7, 11) is 0. The maximum absolute atomic E-state index is 13.4. The van der Waals surface area contributed by atoms with Crippen molar-refractivity contribution in [2.75, 3.05) is 13.2 Å². The molecule has 16 heteroatoms. The molecule has 51 heavy (non-hydrogen) atoms. The lowest BCUT2D eigenvalue weighted by molar-refractivity contribution is -0.346. The van der Waals surface area contributed by atoms with Gasteiger partial charge in [-0.3, -0.25) is 0 Å². The highest BCUT2D eigenvalue weighted by Crippen LogP contribution is 2.61. The predicted octanol–water partition coefficient (Wildman–Crippen LogP) is -1.01. The van der Waals surface area contributed by atoms with E-state index in [2.05, 4.69) is 0 Å². The largest absolute Gasteiger partial charge is 0.472 e. The van der Waals surface area contributed by atoms with Crippen LogP contribution in [0.5, 0.6) is 0 Å². The topological polar surface area (TPSA) is 233 Å². The molecule has 1 aliphatic carbocycles. The van der Waals surface area contributed by atoms with Gasteiger partial charge in [-0.15, -0.1) is 0 Å². The first-order chi connectivity index (χ1) is 24.6. The van der Waals surface area contributed by atoms with Crippen LogP contribution >= 0.6 is 0 Å². The fourth-order valence-corrected chi connectivity index (χ4v) is 7.35. The van der Waals surface area contributed by atoms with Gasteiger partial charge in [-0.1, -0.05) is 36.4 Å². The van der Waals surface area contributed by atoms with Gasteiger partial charge in [0.15, 0.2) is 24.8 Å². The highest BCUT2D eigenvalue weighted by atomic mass is 16.8. The second kappa shape index (κ2) is 14.5. The first kappa shape index (κ1) is 35.9. The SMILES string of the molecule is C[C@@H]1O[C@@H](O[C@@H]2[C@@H]3C=CO[C@H](O[C@@H]4O[C@H](CO)[C@H](O)[C@@H](O)[C@H]4O)[C@@H]3[C@]3(CO)O[C@@H]23)[C@H](OC(=O)c2ccccc2)[C@H](OC(=O)c2ccccc2)[C@H]1O. The highest BCUT2D eigenvalue weighted by Gasteiger charge is 2.77. The molecule has 0 spiro atoms. The summed E-state index contributed by atoms with van der Waals surface area (Å²) < 4.78 is 47.5. The van der Waals surface area contributed by atoms with Gasteiger partial charge in [0.05, 0.1) is 48.7 Å². The molecule has 0 aromatic heterocycles. The van der Waals surface area contributed by atoms with E-state index in [1.54, 1.807) is 49.4 Å². The maximum atomic E-state index is 13.4. The Bertz CT molecular complexity index is 1560. The molecule has 16 atom stereocenters. The number of ether oxygens (including phenoxy) is 8. The van der Waals surface area contributed by atoms with Crippen LogP contribution in [0.2, 0.25) is 0 Å². The Kier molecular flexibility index (Phi) is 10.2. The number of hydrogen-bond donors (Lipinski definition) is 6. The van der Waals surface area contributed by atoms with E-state index in [9.17, 15) is 40.2 Å². The van der Waals surface area contributed by atoms with Crippen molar-refractivity contribution in [1.29, 1.82) is 0 Å². The predicted molar refractivity (Wildman–Crippen MR) is 167 cm³/mol. The van der Waals surface area contributed by atoms with Crippen molar-refractivity contribution in [2.24, 2.45) is 11.8 Å². The average Bonchev–Trinajstić information content (AvgIpc) is 3.83. The first-order valence-corrected chi connectivity index (χ1v) is 16.7. The zero-order valence-electron chi connectivity index (χ0n) is 27.3. The fourth-order valence-electron chi connectivity index (χ4n) is 7.35. The molecule has 4 aliphatic heterocycles. The number of esters is 2. The molecule has 3 saturated heterocycles. The van der Waals surface area contributed by atoms with Crippen molar-refractivity contribution in [2.45, 2.75) is 92.4 Å². The van der Waals surface area contributed by atoms with Crippen LogP contribution in [-0.4, -0.2) is 141 Å². The summed E-state index contributed by atoms with van der Waals surface area (Å²) in [5.74, 6) is -2.98. The molecular formula is C35H40O16. The Morgan fingerprint density at radius 3 is 1.96 bits per heavy atom. The van der Waals surface area contributed by atoms with Gasteiger partial charge in [0, 0.05) is 5.92 Å². The Labute approximate surface area is 291 Å². The normalized spacial score (nSPS) is 42.6. The molecule has 276 valence electrons. The monoisotopic (exact) mass is 716 g/mol. The first-order valence-electron chi connectivity index (χ1n) is 16.7. The Morgan fingerprint density at radius 2 is 1.35 bits per heavy atom. The van der Waals surface area contributed by atoms with Gasteiger partial charge in [0.2, 0.25) is 6.29 Å². The van der Waals surface area contributed by atoms with Gasteiger partial charge < -0.3 is 68.5 Å². The summed E-state index contributed by atoms with van der Waals surface area (Å²) in [6, 6.07) is 16.2. The molecule has 0 radical (unpaired) electrons. The van der Waals surface area contributed by atoms with Gasteiger partial charge in [-0.25, -0.2) is 9.59 Å². The third-order valence-corrected chi connectivity index (χ3v) is 10.2. The molecule has 0 unspecified atom stereocenters. The molecule has 2 aromatic rings. The van der Waals surface area contributed by atoms with Crippen LogP contribution in [0.4, 0.5) is 0 Å². The quantitative estimate of drug-likeness (QED) is 0.128. The molecular weight excluding hydrogens is 676 g/mol.